The first-order chi connectivity index (χ1) is 5.72. The Morgan fingerprint density at radius 1 is 1.42 bits per heavy atom. The zero-order valence-electron chi connectivity index (χ0n) is 8.35. The van der Waals surface area contributed by atoms with E-state index in [0.717, 1.165) is 0 Å². The van der Waals surface area contributed by atoms with Crippen molar-refractivity contribution in [1.29, 1.82) is 0 Å². The molecule has 0 rings (SSSR count). The summed E-state index contributed by atoms with van der Waals surface area (Å²) in [4.78, 5) is 10.0. The van der Waals surface area contributed by atoms with Crippen molar-refractivity contribution in [1.82, 2.24) is 5.32 Å². The van der Waals surface area contributed by atoms with Gasteiger partial charge in [0.1, 0.15) is 0 Å². The van der Waals surface area contributed by atoms with Crippen LogP contribution < -0.4 is 5.32 Å². The molecule has 0 radical (unpaired) electrons. The van der Waals surface area contributed by atoms with Crippen LogP contribution in [-0.4, -0.2) is 30.6 Å². The number of hydrogen-bond acceptors (Lipinski definition) is 3. The highest BCUT2D eigenvalue weighted by atomic mass is 32.2. The smallest absolute Gasteiger partial charge is 0.278 e. The maximum atomic E-state index is 10.0. The van der Waals surface area contributed by atoms with Crippen molar-refractivity contribution >= 4 is 28.8 Å². The lowest BCUT2D eigenvalue weighted by molar-refractivity contribution is 0.262. The average molecular weight is 209 g/mol. The van der Waals surface area contributed by atoms with E-state index >= 15 is 0 Å². The van der Waals surface area contributed by atoms with Gasteiger partial charge in [0.05, 0.1) is 0 Å². The molecular weight excluding hydrogens is 190 g/mol. The number of nitrogens with one attached hydrogen (secondary N) is 1. The van der Waals surface area contributed by atoms with Crippen molar-refractivity contribution in [2.75, 3.05) is 25.3 Å². The second-order valence-corrected chi connectivity index (χ2v) is 3.85. The number of unbranched alkanes of at least 4 members (excludes halogenated alkanes) is 1. The predicted octanol–water partition coefficient (Wildman–Crippen LogP) is 2.84. The highest BCUT2D eigenvalue weighted by Gasteiger charge is 1.85. The Labute approximate surface area is 84.3 Å². The summed E-state index contributed by atoms with van der Waals surface area (Å²) >= 11 is 3.10. The Hall–Kier alpha value is 0.170. The average Bonchev–Trinajstić information content (AvgIpc) is 2.14. The second-order valence-electron chi connectivity index (χ2n) is 2.09. The van der Waals surface area contributed by atoms with Crippen LogP contribution in [0.4, 0.5) is 4.79 Å². The van der Waals surface area contributed by atoms with Gasteiger partial charge in [0.15, 0.2) is 0 Å². The molecule has 0 heterocycles. The van der Waals surface area contributed by atoms with Crippen LogP contribution in [0.5, 0.6) is 0 Å². The van der Waals surface area contributed by atoms with Crippen LogP contribution in [0.2, 0.25) is 0 Å². The Balaban J connectivity index is 0. The first-order valence-electron chi connectivity index (χ1n) is 3.97. The highest BCUT2D eigenvalue weighted by molar-refractivity contribution is 8.12. The van der Waals surface area contributed by atoms with Gasteiger partial charge in [-0.1, -0.05) is 25.1 Å². The van der Waals surface area contributed by atoms with E-state index < -0.39 is 0 Å². The molecule has 4 heteroatoms. The molecule has 1 N–H and O–H groups in total. The van der Waals surface area contributed by atoms with E-state index in [2.05, 4.69) is 18.5 Å². The van der Waals surface area contributed by atoms with Crippen LogP contribution in [0.3, 0.4) is 0 Å². The van der Waals surface area contributed by atoms with Crippen molar-refractivity contribution in [3.05, 3.63) is 0 Å². The molecule has 0 fully saturated rings. The van der Waals surface area contributed by atoms with Gasteiger partial charge >= 0.3 is 0 Å². The molecule has 0 aromatic heterocycles. The van der Waals surface area contributed by atoms with Gasteiger partial charge < -0.3 is 5.32 Å². The standard InChI is InChI=1S/C5H12S.C3H7NOS/c1-3-4-5-6-2;1-4-3(5)6-2/h3-5H2,1-2H3;1-2H3,(H,4,5). The number of carbonyl (C=O) groups is 1. The number of thioether (sulfide) groups is 2. The lowest BCUT2D eigenvalue weighted by Gasteiger charge is -1.86. The molecule has 0 aliphatic rings. The molecule has 0 saturated heterocycles. The van der Waals surface area contributed by atoms with Gasteiger partial charge in [0.2, 0.25) is 0 Å². The van der Waals surface area contributed by atoms with Gasteiger partial charge in [0.25, 0.3) is 5.24 Å². The van der Waals surface area contributed by atoms with E-state index in [1.165, 1.54) is 30.4 Å². The monoisotopic (exact) mass is 209 g/mol. The van der Waals surface area contributed by atoms with Crippen LogP contribution in [0.15, 0.2) is 0 Å². The Morgan fingerprint density at radius 3 is 2.08 bits per heavy atom. The van der Waals surface area contributed by atoms with Crippen LogP contribution in [0.1, 0.15) is 19.8 Å². The first kappa shape index (κ1) is 14.7. The molecule has 0 aliphatic heterocycles. The van der Waals surface area contributed by atoms with Crippen LogP contribution in [0, 0.1) is 0 Å². The van der Waals surface area contributed by atoms with Crippen molar-refractivity contribution in [3.8, 4) is 0 Å². The third-order valence-electron chi connectivity index (χ3n) is 1.09. The summed E-state index contributed by atoms with van der Waals surface area (Å²) in [5, 5.41) is 2.45. The van der Waals surface area contributed by atoms with Crippen molar-refractivity contribution in [3.63, 3.8) is 0 Å². The fourth-order valence-electron chi connectivity index (χ4n) is 0.391. The van der Waals surface area contributed by atoms with Crippen molar-refractivity contribution < 1.29 is 4.79 Å². The molecular formula is C8H19NOS2. The summed E-state index contributed by atoms with van der Waals surface area (Å²) in [6.07, 6.45) is 6.59. The Kier molecular flexibility index (Phi) is 16.8. The van der Waals surface area contributed by atoms with Crippen LogP contribution in [0.25, 0.3) is 0 Å². The summed E-state index contributed by atoms with van der Waals surface area (Å²) in [5.74, 6) is 1.33. The maximum Gasteiger partial charge on any atom is 0.278 e. The van der Waals surface area contributed by atoms with Gasteiger partial charge in [-0.3, -0.25) is 4.79 Å². The predicted molar refractivity (Wildman–Crippen MR) is 61.3 cm³/mol. The third kappa shape index (κ3) is 16.6. The number of rotatable bonds is 3. The molecule has 2 nitrogen and oxygen atoms in total. The fourth-order valence-corrected chi connectivity index (χ4v) is 1.17. The van der Waals surface area contributed by atoms with E-state index in [1.54, 1.807) is 13.3 Å². The number of hydrogen-bond donors (Lipinski definition) is 1. The third-order valence-corrected chi connectivity index (χ3v) is 2.36. The molecule has 0 aromatic carbocycles. The molecule has 0 atom stereocenters. The van der Waals surface area contributed by atoms with Crippen LogP contribution in [-0.2, 0) is 0 Å². The minimum absolute atomic E-state index is 0.00926. The zero-order chi connectivity index (χ0) is 9.82. The Morgan fingerprint density at radius 2 is 2.00 bits per heavy atom. The lowest BCUT2D eigenvalue weighted by atomic mass is 10.4. The van der Waals surface area contributed by atoms with Crippen molar-refractivity contribution in [2.45, 2.75) is 19.8 Å². The molecule has 0 spiro atoms. The quantitative estimate of drug-likeness (QED) is 0.725. The van der Waals surface area contributed by atoms with Gasteiger partial charge in [-0.25, -0.2) is 0 Å². The van der Waals surface area contributed by atoms with E-state index in [9.17, 15) is 4.79 Å². The molecule has 12 heavy (non-hydrogen) atoms. The van der Waals surface area contributed by atoms with Crippen LogP contribution >= 0.6 is 23.5 Å². The molecule has 1 amide bonds. The van der Waals surface area contributed by atoms with Gasteiger partial charge in [-0.2, -0.15) is 11.8 Å². The minimum atomic E-state index is 0.00926. The van der Waals surface area contributed by atoms with Gasteiger partial charge in [0, 0.05) is 7.05 Å². The maximum absolute atomic E-state index is 10.0. The van der Waals surface area contributed by atoms with E-state index in [1.807, 2.05) is 11.8 Å². The van der Waals surface area contributed by atoms with E-state index in [4.69, 9.17) is 0 Å². The summed E-state index contributed by atoms with van der Waals surface area (Å²) < 4.78 is 0. The lowest BCUT2D eigenvalue weighted by Crippen LogP contribution is -2.09. The summed E-state index contributed by atoms with van der Waals surface area (Å²) in [5.41, 5.74) is 0. The summed E-state index contributed by atoms with van der Waals surface area (Å²) in [6.45, 7) is 2.22. The number of amides is 1. The molecule has 0 aromatic rings. The second kappa shape index (κ2) is 13.7. The van der Waals surface area contributed by atoms with Crippen molar-refractivity contribution in [2.24, 2.45) is 0 Å². The molecule has 0 saturated carbocycles. The largest absolute Gasteiger partial charge is 0.350 e. The topological polar surface area (TPSA) is 29.1 Å². The highest BCUT2D eigenvalue weighted by Crippen LogP contribution is 1.96. The minimum Gasteiger partial charge on any atom is -0.350 e. The Bertz CT molecular complexity index is 89.1. The van der Waals surface area contributed by atoms with E-state index in [0.29, 0.717) is 0 Å². The molecule has 0 aliphatic carbocycles. The van der Waals surface area contributed by atoms with E-state index in [-0.39, 0.29) is 5.24 Å². The number of carbonyl (C=O) groups excluding carboxylic acids is 1. The SMILES string of the molecule is CCCCSC.CNC(=O)SC. The first-order valence-corrected chi connectivity index (χ1v) is 6.59. The molecule has 0 unspecified atom stereocenters. The normalized spacial score (nSPS) is 8.33. The zero-order valence-corrected chi connectivity index (χ0v) is 9.98. The summed E-state index contributed by atoms with van der Waals surface area (Å²) in [7, 11) is 1.61. The van der Waals surface area contributed by atoms with Gasteiger partial charge in [-0.05, 0) is 24.7 Å². The summed E-state index contributed by atoms with van der Waals surface area (Å²) in [6, 6.07) is 0. The molecule has 74 valence electrons. The van der Waals surface area contributed by atoms with Gasteiger partial charge in [-0.15, -0.1) is 0 Å². The fraction of sp³-hybridized carbons (Fsp3) is 0.875. The molecule has 0 bridgehead atoms.